The van der Waals surface area contributed by atoms with Crippen molar-refractivity contribution in [3.63, 3.8) is 0 Å². The van der Waals surface area contributed by atoms with Crippen LogP contribution in [-0.4, -0.2) is 63.9 Å². The highest BCUT2D eigenvalue weighted by atomic mass is 19.3. The molecule has 3 aromatic heterocycles. The summed E-state index contributed by atoms with van der Waals surface area (Å²) in [7, 11) is 5.38. The van der Waals surface area contributed by atoms with Gasteiger partial charge in [0.25, 0.3) is 12.0 Å². The monoisotopic (exact) mass is 470 g/mol. The number of aromatic nitrogens is 5. The molecule has 4 aromatic rings. The van der Waals surface area contributed by atoms with Gasteiger partial charge in [-0.15, -0.1) is 5.10 Å². The Morgan fingerprint density at radius 2 is 2.03 bits per heavy atom. The molecular weight excluding hydrogens is 446 g/mol. The number of halogens is 2. The number of methoxy groups -OCH3 is 1. The third-order valence-electron chi connectivity index (χ3n) is 5.05. The van der Waals surface area contributed by atoms with Gasteiger partial charge in [-0.2, -0.15) is 0 Å². The average molecular weight is 470 g/mol. The molecule has 4 rings (SSSR count). The third-order valence-corrected chi connectivity index (χ3v) is 5.05. The van der Waals surface area contributed by atoms with Gasteiger partial charge in [0.15, 0.2) is 11.6 Å². The Morgan fingerprint density at radius 1 is 1.21 bits per heavy atom. The molecule has 0 saturated carbocycles. The topological polar surface area (TPSA) is 113 Å². The van der Waals surface area contributed by atoms with Crippen LogP contribution in [0.1, 0.15) is 12.0 Å². The zero-order valence-electron chi connectivity index (χ0n) is 18.8. The zero-order chi connectivity index (χ0) is 24.2. The summed E-state index contributed by atoms with van der Waals surface area (Å²) >= 11 is 0. The normalized spacial score (nSPS) is 11.4. The first-order valence-electron chi connectivity index (χ1n) is 10.4. The van der Waals surface area contributed by atoms with Crippen molar-refractivity contribution >= 4 is 28.4 Å². The first-order chi connectivity index (χ1) is 16.4. The highest BCUT2D eigenvalue weighted by Crippen LogP contribution is 2.33. The second kappa shape index (κ2) is 9.83. The number of H-pyrrole nitrogens is 1. The molecule has 3 heterocycles. The van der Waals surface area contributed by atoms with Gasteiger partial charge in [-0.05, 0) is 32.3 Å². The molecule has 178 valence electrons. The number of pyridine rings is 1. The van der Waals surface area contributed by atoms with Crippen molar-refractivity contribution < 1.29 is 13.5 Å². The molecule has 0 saturated heterocycles. The van der Waals surface area contributed by atoms with Crippen molar-refractivity contribution in [3.05, 3.63) is 58.8 Å². The lowest BCUT2D eigenvalue weighted by Gasteiger charge is -2.12. The standard InChI is InChI=1S/C22H24F2N8O2/c1-31(2)9-8-26-20-14-12-28-18(29-21-22(33)27-7-6-25-21)11-15(14)32(30-20)16-10-13(19(23)24)4-5-17(16)34-3/h4-7,10-12,19H,8-9H2,1-3H3,(H,26,30)(H,27,33)(H,25,28,29). The molecule has 0 spiro atoms. The number of fused-ring (bicyclic) bond motifs is 1. The molecule has 0 aliphatic heterocycles. The number of ether oxygens (including phenoxy) is 1. The summed E-state index contributed by atoms with van der Waals surface area (Å²) in [6.07, 6.45) is 1.81. The highest BCUT2D eigenvalue weighted by Gasteiger charge is 2.19. The van der Waals surface area contributed by atoms with E-state index in [0.717, 1.165) is 6.54 Å². The summed E-state index contributed by atoms with van der Waals surface area (Å²) in [5.74, 6) is 1.32. The number of hydrogen-bond acceptors (Lipinski definition) is 8. The van der Waals surface area contributed by atoms with Crippen molar-refractivity contribution in [1.29, 1.82) is 0 Å². The van der Waals surface area contributed by atoms with Gasteiger partial charge >= 0.3 is 0 Å². The first-order valence-corrected chi connectivity index (χ1v) is 10.4. The van der Waals surface area contributed by atoms with Crippen LogP contribution in [0.15, 0.2) is 47.7 Å². The van der Waals surface area contributed by atoms with Gasteiger partial charge in [0.05, 0.1) is 18.0 Å². The first kappa shape index (κ1) is 23.1. The fourth-order valence-electron chi connectivity index (χ4n) is 3.36. The number of rotatable bonds is 9. The largest absolute Gasteiger partial charge is 0.494 e. The third kappa shape index (κ3) is 4.81. The molecule has 12 heteroatoms. The number of nitrogens with zero attached hydrogens (tertiary/aromatic N) is 5. The summed E-state index contributed by atoms with van der Waals surface area (Å²) in [6.45, 7) is 1.37. The van der Waals surface area contributed by atoms with Gasteiger partial charge in [-0.3, -0.25) is 4.79 Å². The lowest BCUT2D eigenvalue weighted by atomic mass is 10.2. The fourth-order valence-corrected chi connectivity index (χ4v) is 3.36. The molecule has 0 aliphatic carbocycles. The number of nitrogens with one attached hydrogen (secondary N) is 3. The van der Waals surface area contributed by atoms with Crippen molar-refractivity contribution in [2.45, 2.75) is 6.43 Å². The van der Waals surface area contributed by atoms with Crippen LogP contribution in [0, 0.1) is 0 Å². The van der Waals surface area contributed by atoms with E-state index in [9.17, 15) is 13.6 Å². The number of benzene rings is 1. The van der Waals surface area contributed by atoms with E-state index in [1.165, 1.54) is 42.4 Å². The Hall–Kier alpha value is -4.06. The lowest BCUT2D eigenvalue weighted by molar-refractivity contribution is 0.151. The molecule has 34 heavy (non-hydrogen) atoms. The fraction of sp³-hybridized carbons (Fsp3) is 0.273. The van der Waals surface area contributed by atoms with E-state index in [2.05, 4.69) is 30.7 Å². The van der Waals surface area contributed by atoms with Gasteiger partial charge in [0.1, 0.15) is 17.3 Å². The Labute approximate surface area is 193 Å². The van der Waals surface area contributed by atoms with Crippen LogP contribution in [0.5, 0.6) is 5.75 Å². The van der Waals surface area contributed by atoms with E-state index >= 15 is 0 Å². The van der Waals surface area contributed by atoms with Gasteiger partial charge < -0.3 is 25.3 Å². The molecule has 10 nitrogen and oxygen atoms in total. The smallest absolute Gasteiger partial charge is 0.291 e. The summed E-state index contributed by atoms with van der Waals surface area (Å²) in [5, 5.41) is 11.5. The zero-order valence-corrected chi connectivity index (χ0v) is 18.8. The van der Waals surface area contributed by atoms with E-state index in [1.54, 1.807) is 12.3 Å². The molecule has 3 N–H and O–H groups in total. The van der Waals surface area contributed by atoms with E-state index in [1.807, 2.05) is 19.0 Å². The summed E-state index contributed by atoms with van der Waals surface area (Å²) in [4.78, 5) is 25.0. The predicted molar refractivity (Wildman–Crippen MR) is 126 cm³/mol. The van der Waals surface area contributed by atoms with Gasteiger partial charge in [0.2, 0.25) is 0 Å². The quantitative estimate of drug-likeness (QED) is 0.342. The Balaban J connectivity index is 1.84. The van der Waals surface area contributed by atoms with Crippen molar-refractivity contribution in [1.82, 2.24) is 29.6 Å². The highest BCUT2D eigenvalue weighted by molar-refractivity contribution is 5.92. The van der Waals surface area contributed by atoms with Gasteiger partial charge in [-0.1, -0.05) is 0 Å². The number of anilines is 3. The molecular formula is C22H24F2N8O2. The Morgan fingerprint density at radius 3 is 2.74 bits per heavy atom. The molecule has 0 bridgehead atoms. The van der Waals surface area contributed by atoms with Crippen LogP contribution in [-0.2, 0) is 0 Å². The van der Waals surface area contributed by atoms with Crippen LogP contribution in [0.25, 0.3) is 16.6 Å². The van der Waals surface area contributed by atoms with Crippen LogP contribution in [0.3, 0.4) is 0 Å². The summed E-state index contributed by atoms with van der Waals surface area (Å²) in [5.41, 5.74) is 0.352. The summed E-state index contributed by atoms with van der Waals surface area (Å²) in [6, 6.07) is 5.81. The van der Waals surface area contributed by atoms with E-state index in [-0.39, 0.29) is 11.4 Å². The van der Waals surface area contributed by atoms with Crippen molar-refractivity contribution in [2.24, 2.45) is 0 Å². The minimum Gasteiger partial charge on any atom is -0.494 e. The maximum atomic E-state index is 13.5. The molecule has 0 fully saturated rings. The number of hydrogen-bond donors (Lipinski definition) is 3. The second-order valence-electron chi connectivity index (χ2n) is 7.70. The number of likely N-dealkylation sites (N-methyl/N-ethyl adjacent to an activating group) is 1. The minimum absolute atomic E-state index is 0.0713. The van der Waals surface area contributed by atoms with E-state index < -0.39 is 12.0 Å². The molecule has 0 atom stereocenters. The van der Waals surface area contributed by atoms with E-state index in [4.69, 9.17) is 4.74 Å². The van der Waals surface area contributed by atoms with Crippen LogP contribution >= 0.6 is 0 Å². The minimum atomic E-state index is -2.65. The SMILES string of the molecule is COc1ccc(C(F)F)cc1-n1nc(NCCN(C)C)c2cnc(Nc3ncc[nH]c3=O)cc21. The van der Waals surface area contributed by atoms with Gasteiger partial charge in [-0.25, -0.2) is 23.4 Å². The molecule has 0 aliphatic rings. The lowest BCUT2D eigenvalue weighted by Crippen LogP contribution is -2.21. The van der Waals surface area contributed by atoms with Gasteiger partial charge in [0, 0.05) is 43.3 Å². The van der Waals surface area contributed by atoms with Crippen molar-refractivity contribution in [3.8, 4) is 11.4 Å². The van der Waals surface area contributed by atoms with Crippen molar-refractivity contribution in [2.75, 3.05) is 44.9 Å². The molecule has 0 radical (unpaired) electrons. The average Bonchev–Trinajstić information content (AvgIpc) is 3.17. The molecule has 0 amide bonds. The van der Waals surface area contributed by atoms with Crippen LogP contribution in [0.2, 0.25) is 0 Å². The maximum Gasteiger partial charge on any atom is 0.291 e. The number of alkyl halides is 2. The van der Waals surface area contributed by atoms with Crippen LogP contribution in [0.4, 0.5) is 26.2 Å². The number of aromatic amines is 1. The van der Waals surface area contributed by atoms with E-state index in [0.29, 0.717) is 40.5 Å². The second-order valence-corrected chi connectivity index (χ2v) is 7.70. The maximum absolute atomic E-state index is 13.5. The Kier molecular flexibility index (Phi) is 6.68. The Bertz CT molecular complexity index is 1350. The van der Waals surface area contributed by atoms with Crippen LogP contribution < -0.4 is 20.9 Å². The molecule has 0 unspecified atom stereocenters. The predicted octanol–water partition coefficient (Wildman–Crippen LogP) is 3.17. The molecule has 1 aromatic carbocycles. The summed E-state index contributed by atoms with van der Waals surface area (Å²) < 4.78 is 33.9.